The van der Waals surface area contributed by atoms with Crippen molar-refractivity contribution in [1.29, 1.82) is 0 Å². The van der Waals surface area contributed by atoms with Gasteiger partial charge in [0.15, 0.2) is 12.3 Å². The first kappa shape index (κ1) is 21.5. The molecule has 0 fully saturated rings. The van der Waals surface area contributed by atoms with E-state index in [1.807, 2.05) is 52.0 Å². The second-order valence-corrected chi connectivity index (χ2v) is 7.69. The average molecular weight is 409 g/mol. The van der Waals surface area contributed by atoms with E-state index in [0.717, 1.165) is 12.0 Å². The second-order valence-electron chi connectivity index (χ2n) is 7.69. The molecular weight excluding hydrogens is 380 g/mol. The molecule has 0 saturated carbocycles. The topological polar surface area (TPSA) is 86.1 Å². The summed E-state index contributed by atoms with van der Waals surface area (Å²) >= 11 is 0. The molecule has 0 aliphatic rings. The van der Waals surface area contributed by atoms with Crippen LogP contribution < -0.4 is 5.32 Å². The van der Waals surface area contributed by atoms with Crippen LogP contribution in [0.2, 0.25) is 0 Å². The highest BCUT2D eigenvalue weighted by Gasteiger charge is 2.19. The third-order valence-corrected chi connectivity index (χ3v) is 5.00. The highest BCUT2D eigenvalue weighted by atomic mass is 16.5. The van der Waals surface area contributed by atoms with Crippen LogP contribution in [-0.2, 0) is 16.0 Å². The molecule has 2 aromatic heterocycles. The standard InChI is InChI=1S/C23H28N4O3/c1-6-17-7-9-18(10-8-17)16(5)26-21(28)13-30-23(29)19-11-15(4)25-22-20(19)12-24-27(22)14(2)3/h7-12,14,16H,6,13H2,1-5H3,(H,26,28). The fraction of sp³-hybridized carbons (Fsp3) is 0.391. The fourth-order valence-corrected chi connectivity index (χ4v) is 3.31. The molecule has 158 valence electrons. The van der Waals surface area contributed by atoms with Crippen molar-refractivity contribution in [2.45, 2.75) is 53.1 Å². The highest BCUT2D eigenvalue weighted by molar-refractivity contribution is 6.03. The molecule has 0 radical (unpaired) electrons. The molecule has 0 saturated heterocycles. The Morgan fingerprint density at radius 3 is 2.50 bits per heavy atom. The maximum Gasteiger partial charge on any atom is 0.339 e. The van der Waals surface area contributed by atoms with Gasteiger partial charge < -0.3 is 10.1 Å². The molecule has 0 spiro atoms. The molecule has 1 unspecified atom stereocenters. The summed E-state index contributed by atoms with van der Waals surface area (Å²) in [5.41, 5.74) is 3.92. The van der Waals surface area contributed by atoms with Gasteiger partial charge in [-0.1, -0.05) is 31.2 Å². The fourth-order valence-electron chi connectivity index (χ4n) is 3.31. The maximum absolute atomic E-state index is 12.7. The largest absolute Gasteiger partial charge is 0.452 e. The number of aromatic nitrogens is 3. The zero-order valence-corrected chi connectivity index (χ0v) is 18.1. The predicted octanol–water partition coefficient (Wildman–Crippen LogP) is 3.92. The van der Waals surface area contributed by atoms with Crippen molar-refractivity contribution in [2.24, 2.45) is 0 Å². The first-order valence-electron chi connectivity index (χ1n) is 10.2. The Morgan fingerprint density at radius 2 is 1.87 bits per heavy atom. The lowest BCUT2D eigenvalue weighted by Crippen LogP contribution is -2.31. The second kappa shape index (κ2) is 9.07. The molecule has 1 aromatic carbocycles. The van der Waals surface area contributed by atoms with Gasteiger partial charge >= 0.3 is 5.97 Å². The van der Waals surface area contributed by atoms with E-state index < -0.39 is 5.97 Å². The monoisotopic (exact) mass is 408 g/mol. The molecule has 0 bridgehead atoms. The summed E-state index contributed by atoms with van der Waals surface area (Å²) in [6.07, 6.45) is 2.58. The molecule has 7 heteroatoms. The van der Waals surface area contributed by atoms with Crippen LogP contribution in [0.15, 0.2) is 36.5 Å². The van der Waals surface area contributed by atoms with Crippen molar-refractivity contribution >= 4 is 22.9 Å². The molecule has 3 aromatic rings. The number of rotatable bonds is 7. The summed E-state index contributed by atoms with van der Waals surface area (Å²) in [6, 6.07) is 9.68. The van der Waals surface area contributed by atoms with E-state index in [4.69, 9.17) is 4.74 Å². The third-order valence-electron chi connectivity index (χ3n) is 5.00. The van der Waals surface area contributed by atoms with Crippen molar-refractivity contribution in [3.63, 3.8) is 0 Å². The van der Waals surface area contributed by atoms with Crippen LogP contribution in [0.25, 0.3) is 11.0 Å². The van der Waals surface area contributed by atoms with Gasteiger partial charge in [-0.05, 0) is 51.3 Å². The van der Waals surface area contributed by atoms with Gasteiger partial charge in [0.05, 0.1) is 23.2 Å². The molecule has 1 amide bonds. The number of hydrogen-bond donors (Lipinski definition) is 1. The van der Waals surface area contributed by atoms with Crippen molar-refractivity contribution in [2.75, 3.05) is 6.61 Å². The van der Waals surface area contributed by atoms with E-state index in [-0.39, 0.29) is 24.6 Å². The number of carbonyl (C=O) groups excluding carboxylic acids is 2. The van der Waals surface area contributed by atoms with Gasteiger partial charge in [0.25, 0.3) is 5.91 Å². The number of nitrogens with one attached hydrogen (secondary N) is 1. The van der Waals surface area contributed by atoms with Gasteiger partial charge in [0, 0.05) is 11.7 Å². The molecular formula is C23H28N4O3. The number of esters is 1. The summed E-state index contributed by atoms with van der Waals surface area (Å²) in [4.78, 5) is 29.4. The van der Waals surface area contributed by atoms with Crippen LogP contribution in [0.4, 0.5) is 0 Å². The molecule has 1 atom stereocenters. The molecule has 30 heavy (non-hydrogen) atoms. The van der Waals surface area contributed by atoms with E-state index in [0.29, 0.717) is 22.3 Å². The summed E-state index contributed by atoms with van der Waals surface area (Å²) in [6.45, 7) is 9.45. The normalized spacial score (nSPS) is 12.2. The quantitative estimate of drug-likeness (QED) is 0.599. The molecule has 0 aliphatic carbocycles. The van der Waals surface area contributed by atoms with Crippen molar-refractivity contribution in [3.8, 4) is 0 Å². The Balaban J connectivity index is 1.65. The highest BCUT2D eigenvalue weighted by Crippen LogP contribution is 2.21. The van der Waals surface area contributed by atoms with Crippen LogP contribution in [0.5, 0.6) is 0 Å². The SMILES string of the molecule is CCc1ccc(C(C)NC(=O)COC(=O)c2cc(C)nc3c2cnn3C(C)C)cc1. The van der Waals surface area contributed by atoms with Gasteiger partial charge in [-0.15, -0.1) is 0 Å². The number of pyridine rings is 1. The number of benzene rings is 1. The van der Waals surface area contributed by atoms with E-state index in [1.165, 1.54) is 5.56 Å². The lowest BCUT2D eigenvalue weighted by Gasteiger charge is -2.15. The van der Waals surface area contributed by atoms with Gasteiger partial charge in [0.1, 0.15) is 0 Å². The van der Waals surface area contributed by atoms with E-state index in [2.05, 4.69) is 22.3 Å². The van der Waals surface area contributed by atoms with Crippen molar-refractivity contribution < 1.29 is 14.3 Å². The van der Waals surface area contributed by atoms with Crippen LogP contribution in [0.1, 0.15) is 67.0 Å². The van der Waals surface area contributed by atoms with E-state index >= 15 is 0 Å². The van der Waals surface area contributed by atoms with Crippen molar-refractivity contribution in [1.82, 2.24) is 20.1 Å². The van der Waals surface area contributed by atoms with Crippen LogP contribution >= 0.6 is 0 Å². The molecule has 0 aliphatic heterocycles. The minimum Gasteiger partial charge on any atom is -0.452 e. The third kappa shape index (κ3) is 4.67. The van der Waals surface area contributed by atoms with Crippen LogP contribution in [0, 0.1) is 6.92 Å². The smallest absolute Gasteiger partial charge is 0.339 e. The zero-order chi connectivity index (χ0) is 21.8. The average Bonchev–Trinajstić information content (AvgIpc) is 3.15. The number of fused-ring (bicyclic) bond motifs is 1. The van der Waals surface area contributed by atoms with E-state index in [1.54, 1.807) is 16.9 Å². The number of nitrogens with zero attached hydrogens (tertiary/aromatic N) is 3. The number of aryl methyl sites for hydroxylation is 2. The number of carbonyl (C=O) groups is 2. The predicted molar refractivity (Wildman–Crippen MR) is 115 cm³/mol. The van der Waals surface area contributed by atoms with Crippen molar-refractivity contribution in [3.05, 3.63) is 58.9 Å². The summed E-state index contributed by atoms with van der Waals surface area (Å²) < 4.78 is 7.04. The van der Waals surface area contributed by atoms with Crippen LogP contribution in [0.3, 0.4) is 0 Å². The lowest BCUT2D eigenvalue weighted by atomic mass is 10.1. The minimum atomic E-state index is -0.566. The van der Waals surface area contributed by atoms with Crippen LogP contribution in [-0.4, -0.2) is 33.2 Å². The minimum absolute atomic E-state index is 0.110. The summed E-state index contributed by atoms with van der Waals surface area (Å²) in [5, 5.41) is 7.80. The van der Waals surface area contributed by atoms with Gasteiger partial charge in [-0.3, -0.25) is 4.79 Å². The zero-order valence-electron chi connectivity index (χ0n) is 18.1. The summed E-state index contributed by atoms with van der Waals surface area (Å²) in [5.74, 6) is -0.917. The Morgan fingerprint density at radius 1 is 1.17 bits per heavy atom. The Hall–Kier alpha value is -3.22. The molecule has 3 rings (SSSR count). The number of amides is 1. The Labute approximate surface area is 176 Å². The number of ether oxygens (including phenoxy) is 1. The first-order chi connectivity index (χ1) is 14.3. The molecule has 2 heterocycles. The molecule has 1 N–H and O–H groups in total. The molecule has 7 nitrogen and oxygen atoms in total. The van der Waals surface area contributed by atoms with Gasteiger partial charge in [0.2, 0.25) is 0 Å². The first-order valence-corrected chi connectivity index (χ1v) is 10.2. The Kier molecular flexibility index (Phi) is 6.50. The summed E-state index contributed by atoms with van der Waals surface area (Å²) in [7, 11) is 0. The maximum atomic E-state index is 12.7. The van der Waals surface area contributed by atoms with Gasteiger partial charge in [-0.2, -0.15) is 5.10 Å². The van der Waals surface area contributed by atoms with E-state index in [9.17, 15) is 9.59 Å². The van der Waals surface area contributed by atoms with Gasteiger partial charge in [-0.25, -0.2) is 14.5 Å². The number of hydrogen-bond acceptors (Lipinski definition) is 5. The Bertz CT molecular complexity index is 1050. The lowest BCUT2D eigenvalue weighted by molar-refractivity contribution is -0.124.